The Balaban J connectivity index is 1.60. The highest BCUT2D eigenvalue weighted by molar-refractivity contribution is 5.66. The number of unbranched alkanes of at least 4 members (excludes halogenated alkanes) is 1. The molecule has 1 heterocycles. The van der Waals surface area contributed by atoms with Gasteiger partial charge < -0.3 is 29.5 Å². The number of hydrogen-bond donors (Lipinski definition) is 3. The van der Waals surface area contributed by atoms with Crippen molar-refractivity contribution in [3.63, 3.8) is 0 Å². The van der Waals surface area contributed by atoms with E-state index in [1.165, 1.54) is 24.3 Å². The lowest BCUT2D eigenvalue weighted by Gasteiger charge is -2.26. The molecular weight excluding hydrogens is 419 g/mol. The van der Waals surface area contributed by atoms with E-state index in [1.807, 2.05) is 18.2 Å². The van der Waals surface area contributed by atoms with E-state index < -0.39 is 24.0 Å². The van der Waals surface area contributed by atoms with Gasteiger partial charge in [0.15, 0.2) is 0 Å². The van der Waals surface area contributed by atoms with Crippen LogP contribution in [0.25, 0.3) is 0 Å². The molecule has 0 radical (unpaired) electrons. The van der Waals surface area contributed by atoms with Gasteiger partial charge in [-0.25, -0.2) is 4.39 Å². The number of carboxylic acid groups (broad SMARTS) is 1. The van der Waals surface area contributed by atoms with E-state index in [2.05, 4.69) is 0 Å². The van der Waals surface area contributed by atoms with Gasteiger partial charge in [0.2, 0.25) is 5.79 Å². The number of aliphatic hydroxyl groups excluding tert-OH is 2. The molecule has 0 aromatic heterocycles. The van der Waals surface area contributed by atoms with Gasteiger partial charge in [-0.1, -0.05) is 18.2 Å². The van der Waals surface area contributed by atoms with Crippen LogP contribution in [0.15, 0.2) is 48.6 Å². The van der Waals surface area contributed by atoms with Crippen molar-refractivity contribution < 1.29 is 38.7 Å². The van der Waals surface area contributed by atoms with Crippen LogP contribution in [0.2, 0.25) is 0 Å². The second kappa shape index (κ2) is 11.6. The molecule has 176 valence electrons. The minimum atomic E-state index is -1.11. The number of halogens is 1. The molecule has 0 unspecified atom stereocenters. The number of benzene rings is 1. The number of rotatable bonds is 11. The fourth-order valence-electron chi connectivity index (χ4n) is 4.12. The van der Waals surface area contributed by atoms with Gasteiger partial charge in [0.1, 0.15) is 18.2 Å². The van der Waals surface area contributed by atoms with Crippen LogP contribution in [0.3, 0.4) is 0 Å². The van der Waals surface area contributed by atoms with Crippen LogP contribution in [-0.2, 0) is 14.3 Å². The first-order valence-corrected chi connectivity index (χ1v) is 11.0. The molecule has 0 amide bonds. The molecule has 3 N–H and O–H groups in total. The fourth-order valence-corrected chi connectivity index (χ4v) is 4.12. The zero-order valence-corrected chi connectivity index (χ0v) is 17.9. The first-order chi connectivity index (χ1) is 15.4. The van der Waals surface area contributed by atoms with Gasteiger partial charge in [0, 0.05) is 18.8 Å². The molecule has 7 nitrogen and oxygen atoms in total. The van der Waals surface area contributed by atoms with Crippen LogP contribution in [0, 0.1) is 17.7 Å². The normalized spacial score (nSPS) is 27.5. The molecule has 32 heavy (non-hydrogen) atoms. The Kier molecular flexibility index (Phi) is 8.81. The molecule has 1 aliphatic heterocycles. The largest absolute Gasteiger partial charge is 0.488 e. The molecule has 1 aromatic carbocycles. The number of hydrogen-bond acceptors (Lipinski definition) is 6. The summed E-state index contributed by atoms with van der Waals surface area (Å²) in [6.45, 7) is 0.861. The molecule has 0 spiro atoms. The van der Waals surface area contributed by atoms with Crippen LogP contribution in [0.5, 0.6) is 5.75 Å². The number of ether oxygens (including phenoxy) is 3. The summed E-state index contributed by atoms with van der Waals surface area (Å²) in [5.41, 5.74) is 0. The van der Waals surface area contributed by atoms with Crippen LogP contribution in [0.1, 0.15) is 32.1 Å². The first kappa shape index (κ1) is 24.4. The SMILES string of the molecule is O=C(O)CCC/C=C\C[C@@H]1[C@@H](/C=C/C2(COc3ccc(F)cc3)OCCO2)[C@H](O)C[C@@H]1O. The molecule has 2 aliphatic rings. The number of allylic oxidation sites excluding steroid dienone is 2. The summed E-state index contributed by atoms with van der Waals surface area (Å²) in [6.07, 6.45) is 8.29. The summed E-state index contributed by atoms with van der Waals surface area (Å²) in [6, 6.07) is 5.67. The van der Waals surface area contributed by atoms with Gasteiger partial charge in [-0.15, -0.1) is 0 Å². The van der Waals surface area contributed by atoms with E-state index in [0.29, 0.717) is 38.2 Å². The molecule has 1 saturated carbocycles. The molecule has 0 bridgehead atoms. The molecule has 4 atom stereocenters. The summed E-state index contributed by atoms with van der Waals surface area (Å²) >= 11 is 0. The summed E-state index contributed by atoms with van der Waals surface area (Å²) in [5.74, 6) is -2.25. The second-order valence-electron chi connectivity index (χ2n) is 8.22. The van der Waals surface area contributed by atoms with Crippen molar-refractivity contribution in [3.8, 4) is 5.75 Å². The third-order valence-corrected chi connectivity index (χ3v) is 5.85. The van der Waals surface area contributed by atoms with Crippen molar-refractivity contribution in [3.05, 3.63) is 54.4 Å². The third-order valence-electron chi connectivity index (χ3n) is 5.85. The zero-order valence-electron chi connectivity index (χ0n) is 17.9. The van der Waals surface area contributed by atoms with E-state index >= 15 is 0 Å². The second-order valence-corrected chi connectivity index (χ2v) is 8.22. The lowest BCUT2D eigenvalue weighted by atomic mass is 9.89. The Bertz CT molecular complexity index is 786. The molecule has 3 rings (SSSR count). The summed E-state index contributed by atoms with van der Waals surface area (Å²) in [4.78, 5) is 10.6. The minimum absolute atomic E-state index is 0.0641. The van der Waals surface area contributed by atoms with Gasteiger partial charge in [0.05, 0.1) is 25.4 Å². The Labute approximate surface area is 187 Å². The van der Waals surface area contributed by atoms with Gasteiger partial charge in [-0.3, -0.25) is 4.79 Å². The Hall–Kier alpha value is -2.26. The van der Waals surface area contributed by atoms with Crippen LogP contribution in [0.4, 0.5) is 4.39 Å². The van der Waals surface area contributed by atoms with Gasteiger partial charge >= 0.3 is 5.97 Å². The Morgan fingerprint density at radius 2 is 1.88 bits per heavy atom. The summed E-state index contributed by atoms with van der Waals surface area (Å²) in [5, 5.41) is 29.6. The maximum Gasteiger partial charge on any atom is 0.303 e. The van der Waals surface area contributed by atoms with Gasteiger partial charge in [0.25, 0.3) is 0 Å². The van der Waals surface area contributed by atoms with E-state index in [1.54, 1.807) is 6.08 Å². The first-order valence-electron chi connectivity index (χ1n) is 11.0. The highest BCUT2D eigenvalue weighted by Gasteiger charge is 2.41. The van der Waals surface area contributed by atoms with Crippen molar-refractivity contribution in [2.45, 2.75) is 50.1 Å². The van der Waals surface area contributed by atoms with Crippen LogP contribution < -0.4 is 4.74 Å². The topological polar surface area (TPSA) is 105 Å². The average molecular weight is 451 g/mol. The Morgan fingerprint density at radius 1 is 1.16 bits per heavy atom. The van der Waals surface area contributed by atoms with Crippen molar-refractivity contribution >= 4 is 5.97 Å². The number of carboxylic acids is 1. The molecular formula is C24H31FO7. The van der Waals surface area contributed by atoms with E-state index in [9.17, 15) is 19.4 Å². The van der Waals surface area contributed by atoms with Crippen molar-refractivity contribution in [1.82, 2.24) is 0 Å². The monoisotopic (exact) mass is 450 g/mol. The Morgan fingerprint density at radius 3 is 2.56 bits per heavy atom. The fraction of sp³-hybridized carbons (Fsp3) is 0.542. The van der Waals surface area contributed by atoms with Crippen molar-refractivity contribution in [2.75, 3.05) is 19.8 Å². The lowest BCUT2D eigenvalue weighted by Crippen LogP contribution is -2.35. The molecule has 1 aromatic rings. The zero-order chi connectivity index (χ0) is 23.0. The van der Waals surface area contributed by atoms with Crippen LogP contribution >= 0.6 is 0 Å². The highest BCUT2D eigenvalue weighted by atomic mass is 19.1. The number of carbonyl (C=O) groups is 1. The van der Waals surface area contributed by atoms with Crippen molar-refractivity contribution in [2.24, 2.45) is 11.8 Å². The molecule has 8 heteroatoms. The molecule has 2 fully saturated rings. The quantitative estimate of drug-likeness (QED) is 0.351. The third kappa shape index (κ3) is 6.87. The predicted octanol–water partition coefficient (Wildman–Crippen LogP) is 3.06. The molecule has 1 saturated heterocycles. The maximum absolute atomic E-state index is 13.1. The van der Waals surface area contributed by atoms with Gasteiger partial charge in [-0.05, 0) is 55.5 Å². The standard InChI is InChI=1S/C24H31FO7/c25-17-7-9-18(10-8-17)30-16-24(31-13-14-32-24)12-11-20-19(21(26)15-22(20)27)5-3-1-2-4-6-23(28)29/h1,3,7-12,19-22,26-27H,2,4-6,13-16H2,(H,28,29)/b3-1-,12-11+/t19-,20-,21+,22-/m1/s1. The minimum Gasteiger partial charge on any atom is -0.488 e. The van der Waals surface area contributed by atoms with Crippen LogP contribution in [-0.4, -0.2) is 59.1 Å². The van der Waals surface area contributed by atoms with E-state index in [4.69, 9.17) is 19.3 Å². The predicted molar refractivity (Wildman–Crippen MR) is 115 cm³/mol. The van der Waals surface area contributed by atoms with E-state index in [0.717, 1.165) is 0 Å². The maximum atomic E-state index is 13.1. The lowest BCUT2D eigenvalue weighted by molar-refractivity contribution is -0.139. The molecule has 1 aliphatic carbocycles. The highest BCUT2D eigenvalue weighted by Crippen LogP contribution is 2.37. The number of aliphatic hydroxyl groups is 2. The van der Waals surface area contributed by atoms with Crippen molar-refractivity contribution in [1.29, 1.82) is 0 Å². The smallest absolute Gasteiger partial charge is 0.303 e. The van der Waals surface area contributed by atoms with Gasteiger partial charge in [-0.2, -0.15) is 0 Å². The average Bonchev–Trinajstić information content (AvgIpc) is 3.33. The van der Waals surface area contributed by atoms with E-state index in [-0.39, 0.29) is 37.1 Å². The number of aliphatic carboxylic acids is 1. The summed E-state index contributed by atoms with van der Waals surface area (Å²) < 4.78 is 30.4. The summed E-state index contributed by atoms with van der Waals surface area (Å²) in [7, 11) is 0.